The molecule has 1 saturated heterocycles. The third-order valence-electron chi connectivity index (χ3n) is 2.69. The van der Waals surface area contributed by atoms with Gasteiger partial charge in [0.2, 0.25) is 0 Å². The quantitative estimate of drug-likeness (QED) is 0.693. The molecule has 4 heteroatoms. The van der Waals surface area contributed by atoms with Crippen molar-refractivity contribution in [2.45, 2.75) is 18.9 Å². The molecule has 1 aromatic rings. The zero-order valence-electron chi connectivity index (χ0n) is 7.98. The van der Waals surface area contributed by atoms with E-state index in [9.17, 15) is 0 Å². The van der Waals surface area contributed by atoms with Gasteiger partial charge in [-0.05, 0) is 26.4 Å². The maximum atomic E-state index is 5.75. The first-order valence-electron chi connectivity index (χ1n) is 4.74. The lowest BCUT2D eigenvalue weighted by Crippen LogP contribution is -2.33. The minimum Gasteiger partial charge on any atom is -0.369 e. The van der Waals surface area contributed by atoms with Crippen LogP contribution in [0.4, 0.5) is 5.95 Å². The van der Waals surface area contributed by atoms with E-state index < -0.39 is 0 Å². The Hall–Kier alpha value is -1.03. The van der Waals surface area contributed by atoms with Crippen molar-refractivity contribution in [3.63, 3.8) is 0 Å². The number of aromatic nitrogens is 2. The van der Waals surface area contributed by atoms with Crippen LogP contribution < -0.4 is 5.73 Å². The van der Waals surface area contributed by atoms with Crippen LogP contribution in [0.2, 0.25) is 0 Å². The molecule has 0 spiro atoms. The van der Waals surface area contributed by atoms with Gasteiger partial charge in [-0.3, -0.25) is 0 Å². The number of nitrogens with two attached hydrogens (primary N) is 1. The molecule has 1 unspecified atom stereocenters. The molecular weight excluding hydrogens is 164 g/mol. The minimum absolute atomic E-state index is 0.515. The summed E-state index contributed by atoms with van der Waals surface area (Å²) < 4.78 is 2.08. The Morgan fingerprint density at radius 1 is 1.62 bits per heavy atom. The van der Waals surface area contributed by atoms with Crippen molar-refractivity contribution in [2.24, 2.45) is 0 Å². The number of nitrogen functional groups attached to an aromatic ring is 1. The average molecular weight is 180 g/mol. The number of rotatable bonds is 1. The summed E-state index contributed by atoms with van der Waals surface area (Å²) in [5, 5.41) is 0. The first-order valence-corrected chi connectivity index (χ1v) is 4.74. The zero-order chi connectivity index (χ0) is 9.26. The van der Waals surface area contributed by atoms with E-state index in [0.29, 0.717) is 12.0 Å². The Morgan fingerprint density at radius 3 is 3.08 bits per heavy atom. The maximum Gasteiger partial charge on any atom is 0.200 e. The molecule has 2 N–H and O–H groups in total. The summed E-state index contributed by atoms with van der Waals surface area (Å²) in [5.41, 5.74) is 5.75. The second-order valence-corrected chi connectivity index (χ2v) is 3.75. The third kappa shape index (κ3) is 1.67. The molecule has 1 aromatic heterocycles. The third-order valence-corrected chi connectivity index (χ3v) is 2.69. The summed E-state index contributed by atoms with van der Waals surface area (Å²) in [6.07, 6.45) is 6.20. The van der Waals surface area contributed by atoms with Gasteiger partial charge in [0.05, 0.1) is 0 Å². The molecule has 0 saturated carbocycles. The van der Waals surface area contributed by atoms with Crippen molar-refractivity contribution in [3.05, 3.63) is 12.4 Å². The van der Waals surface area contributed by atoms with Crippen LogP contribution in [-0.2, 0) is 0 Å². The lowest BCUT2D eigenvalue weighted by molar-refractivity contribution is 0.213. The molecule has 1 aliphatic heterocycles. The summed E-state index contributed by atoms with van der Waals surface area (Å²) in [4.78, 5) is 6.38. The molecule has 2 rings (SSSR count). The van der Waals surface area contributed by atoms with Crippen molar-refractivity contribution in [2.75, 3.05) is 25.9 Å². The second kappa shape index (κ2) is 3.38. The molecule has 72 valence electrons. The van der Waals surface area contributed by atoms with E-state index in [0.717, 1.165) is 6.54 Å². The van der Waals surface area contributed by atoms with Crippen molar-refractivity contribution < 1.29 is 0 Å². The molecule has 1 atom stereocenters. The Bertz CT molecular complexity index is 281. The molecular formula is C9H16N4. The lowest BCUT2D eigenvalue weighted by atomic mass is 10.1. The molecule has 0 aromatic carbocycles. The van der Waals surface area contributed by atoms with Crippen LogP contribution in [0.25, 0.3) is 0 Å². The first kappa shape index (κ1) is 8.56. The molecule has 1 fully saturated rings. The highest BCUT2D eigenvalue weighted by atomic mass is 15.2. The largest absolute Gasteiger partial charge is 0.369 e. The predicted octanol–water partition coefficient (Wildman–Crippen LogP) is 0.732. The fraction of sp³-hybridized carbons (Fsp3) is 0.667. The number of likely N-dealkylation sites (tertiary alicyclic amines) is 1. The van der Waals surface area contributed by atoms with Gasteiger partial charge in [-0.15, -0.1) is 0 Å². The van der Waals surface area contributed by atoms with Crippen molar-refractivity contribution in [3.8, 4) is 0 Å². The highest BCUT2D eigenvalue weighted by Crippen LogP contribution is 2.22. The number of hydrogen-bond acceptors (Lipinski definition) is 3. The van der Waals surface area contributed by atoms with Crippen LogP contribution in [0.5, 0.6) is 0 Å². The highest BCUT2D eigenvalue weighted by Gasteiger charge is 2.19. The maximum absolute atomic E-state index is 5.75. The molecule has 0 bridgehead atoms. The summed E-state index contributed by atoms with van der Waals surface area (Å²) in [7, 11) is 2.15. The van der Waals surface area contributed by atoms with E-state index >= 15 is 0 Å². The molecule has 0 radical (unpaired) electrons. The summed E-state index contributed by atoms with van der Waals surface area (Å²) in [6, 6.07) is 0.515. The zero-order valence-corrected chi connectivity index (χ0v) is 7.98. The molecule has 4 nitrogen and oxygen atoms in total. The molecule has 0 aliphatic carbocycles. The minimum atomic E-state index is 0.515. The van der Waals surface area contributed by atoms with Crippen LogP contribution in [0, 0.1) is 0 Å². The lowest BCUT2D eigenvalue weighted by Gasteiger charge is -2.30. The predicted molar refractivity (Wildman–Crippen MR) is 52.4 cm³/mol. The van der Waals surface area contributed by atoms with Crippen LogP contribution in [-0.4, -0.2) is 34.6 Å². The highest BCUT2D eigenvalue weighted by molar-refractivity contribution is 5.18. The monoisotopic (exact) mass is 180 g/mol. The van der Waals surface area contributed by atoms with Gasteiger partial charge in [0.25, 0.3) is 0 Å². The second-order valence-electron chi connectivity index (χ2n) is 3.75. The summed E-state index contributed by atoms with van der Waals surface area (Å²) in [6.45, 7) is 2.28. The van der Waals surface area contributed by atoms with Crippen LogP contribution >= 0.6 is 0 Å². The normalized spacial score (nSPS) is 24.8. The van der Waals surface area contributed by atoms with E-state index in [-0.39, 0.29) is 0 Å². The summed E-state index contributed by atoms with van der Waals surface area (Å²) >= 11 is 0. The molecule has 13 heavy (non-hydrogen) atoms. The van der Waals surface area contributed by atoms with Crippen LogP contribution in [0.3, 0.4) is 0 Å². The Labute approximate surface area is 78.4 Å². The molecule has 1 aliphatic rings. The Balaban J connectivity index is 2.12. The van der Waals surface area contributed by atoms with E-state index in [4.69, 9.17) is 5.73 Å². The van der Waals surface area contributed by atoms with Gasteiger partial charge in [0.15, 0.2) is 5.95 Å². The first-order chi connectivity index (χ1) is 6.27. The van der Waals surface area contributed by atoms with E-state index in [1.165, 1.54) is 19.4 Å². The smallest absolute Gasteiger partial charge is 0.200 e. The van der Waals surface area contributed by atoms with Gasteiger partial charge < -0.3 is 15.2 Å². The van der Waals surface area contributed by atoms with Gasteiger partial charge in [-0.1, -0.05) is 0 Å². The van der Waals surface area contributed by atoms with Gasteiger partial charge in [0, 0.05) is 25.0 Å². The number of nitrogens with zero attached hydrogens (tertiary/aromatic N) is 3. The van der Waals surface area contributed by atoms with E-state index in [1.54, 1.807) is 6.20 Å². The number of likely N-dealkylation sites (N-methyl/N-ethyl adjacent to an activating group) is 1. The van der Waals surface area contributed by atoms with Gasteiger partial charge >= 0.3 is 0 Å². The van der Waals surface area contributed by atoms with E-state index in [1.807, 2.05) is 6.20 Å². The SMILES string of the molecule is CN1CCCC(n2ccnc2N)C1. The Morgan fingerprint density at radius 2 is 2.46 bits per heavy atom. The van der Waals surface area contributed by atoms with Crippen molar-refractivity contribution in [1.29, 1.82) is 0 Å². The van der Waals surface area contributed by atoms with Crippen LogP contribution in [0.1, 0.15) is 18.9 Å². The number of hydrogen-bond donors (Lipinski definition) is 1. The van der Waals surface area contributed by atoms with Gasteiger partial charge in [-0.2, -0.15) is 0 Å². The Kier molecular flexibility index (Phi) is 2.22. The van der Waals surface area contributed by atoms with Crippen molar-refractivity contribution >= 4 is 5.95 Å². The topological polar surface area (TPSA) is 47.1 Å². The molecule has 2 heterocycles. The fourth-order valence-electron chi connectivity index (χ4n) is 2.00. The molecule has 0 amide bonds. The van der Waals surface area contributed by atoms with E-state index in [2.05, 4.69) is 21.5 Å². The van der Waals surface area contributed by atoms with Gasteiger partial charge in [-0.25, -0.2) is 4.98 Å². The standard InChI is InChI=1S/C9H16N4/c1-12-5-2-3-8(7-12)13-6-4-11-9(13)10/h4,6,8H,2-3,5,7H2,1H3,(H2,10,11). The van der Waals surface area contributed by atoms with Crippen molar-refractivity contribution in [1.82, 2.24) is 14.5 Å². The number of anilines is 1. The fourth-order valence-corrected chi connectivity index (χ4v) is 2.00. The average Bonchev–Trinajstić information content (AvgIpc) is 2.51. The number of piperidine rings is 1. The van der Waals surface area contributed by atoms with Gasteiger partial charge in [0.1, 0.15) is 0 Å². The number of imidazole rings is 1. The van der Waals surface area contributed by atoms with Crippen LogP contribution in [0.15, 0.2) is 12.4 Å². The summed E-state index contributed by atoms with van der Waals surface area (Å²) in [5.74, 6) is 0.639.